The molecule has 5 nitrogen and oxygen atoms in total. The highest BCUT2D eigenvalue weighted by atomic mass is 16.5. The molecule has 2 aromatic carbocycles. The van der Waals surface area contributed by atoms with E-state index in [1.807, 2.05) is 12.1 Å². The first-order chi connectivity index (χ1) is 13.3. The van der Waals surface area contributed by atoms with Gasteiger partial charge in [0.2, 0.25) is 0 Å². The molecule has 0 saturated heterocycles. The highest BCUT2D eigenvalue weighted by molar-refractivity contribution is 5.70. The van der Waals surface area contributed by atoms with Crippen molar-refractivity contribution in [1.82, 2.24) is 5.01 Å². The lowest BCUT2D eigenvalue weighted by Gasteiger charge is -2.19. The van der Waals surface area contributed by atoms with Crippen LogP contribution < -0.4 is 21.1 Å². The van der Waals surface area contributed by atoms with Gasteiger partial charge in [0.1, 0.15) is 11.5 Å². The fourth-order valence-corrected chi connectivity index (χ4v) is 3.11. The van der Waals surface area contributed by atoms with E-state index >= 15 is 0 Å². The SMILES string of the molecule is COc1cc(OC)c(C(C)C)cc1/C(N)=C/N(N)Cc1ccc(C(C)C)cc1. The van der Waals surface area contributed by atoms with Crippen LogP contribution in [0.5, 0.6) is 11.5 Å². The third-order valence-corrected chi connectivity index (χ3v) is 4.80. The van der Waals surface area contributed by atoms with E-state index in [1.165, 1.54) is 5.56 Å². The van der Waals surface area contributed by atoms with Crippen LogP contribution in [0.1, 0.15) is 61.8 Å². The van der Waals surface area contributed by atoms with Crippen LogP contribution >= 0.6 is 0 Å². The molecule has 2 rings (SSSR count). The van der Waals surface area contributed by atoms with E-state index in [1.54, 1.807) is 25.4 Å². The zero-order valence-corrected chi connectivity index (χ0v) is 17.8. The summed E-state index contributed by atoms with van der Waals surface area (Å²) in [7, 11) is 3.28. The smallest absolute Gasteiger partial charge is 0.131 e. The third-order valence-electron chi connectivity index (χ3n) is 4.80. The quantitative estimate of drug-likeness (QED) is 0.515. The Kier molecular flexibility index (Phi) is 7.35. The first-order valence-electron chi connectivity index (χ1n) is 9.60. The van der Waals surface area contributed by atoms with E-state index in [-0.39, 0.29) is 0 Å². The summed E-state index contributed by atoms with van der Waals surface area (Å²) in [6.07, 6.45) is 1.74. The summed E-state index contributed by atoms with van der Waals surface area (Å²) in [5, 5.41) is 1.60. The molecule has 0 spiro atoms. The van der Waals surface area contributed by atoms with Gasteiger partial charge in [0, 0.05) is 17.8 Å². The van der Waals surface area contributed by atoms with Gasteiger partial charge < -0.3 is 20.2 Å². The fourth-order valence-electron chi connectivity index (χ4n) is 3.11. The van der Waals surface area contributed by atoms with Crippen LogP contribution in [-0.4, -0.2) is 19.2 Å². The molecular weight excluding hydrogens is 350 g/mol. The Morgan fingerprint density at radius 2 is 1.57 bits per heavy atom. The zero-order valence-electron chi connectivity index (χ0n) is 17.8. The van der Waals surface area contributed by atoms with Gasteiger partial charge in [0.05, 0.1) is 26.5 Å². The Morgan fingerprint density at radius 3 is 2.07 bits per heavy atom. The minimum absolute atomic E-state index is 0.292. The molecule has 0 fully saturated rings. The molecule has 152 valence electrons. The van der Waals surface area contributed by atoms with Crippen molar-refractivity contribution in [2.75, 3.05) is 14.2 Å². The summed E-state index contributed by atoms with van der Waals surface area (Å²) < 4.78 is 11.0. The number of hydrogen-bond acceptors (Lipinski definition) is 5. The molecule has 0 aliphatic rings. The lowest BCUT2D eigenvalue weighted by molar-refractivity contribution is 0.384. The van der Waals surface area contributed by atoms with Gasteiger partial charge in [-0.15, -0.1) is 0 Å². The Hall–Kier alpha value is -2.66. The van der Waals surface area contributed by atoms with E-state index < -0.39 is 0 Å². The average molecular weight is 384 g/mol. The second-order valence-corrected chi connectivity index (χ2v) is 7.60. The number of hydrogen-bond donors (Lipinski definition) is 2. The molecule has 0 bridgehead atoms. The highest BCUT2D eigenvalue weighted by Crippen LogP contribution is 2.35. The first kappa shape index (κ1) is 21.6. The van der Waals surface area contributed by atoms with E-state index in [0.717, 1.165) is 22.4 Å². The number of rotatable bonds is 8. The van der Waals surface area contributed by atoms with Crippen LogP contribution in [0.2, 0.25) is 0 Å². The number of hydrazine groups is 1. The van der Waals surface area contributed by atoms with E-state index in [4.69, 9.17) is 21.1 Å². The summed E-state index contributed by atoms with van der Waals surface area (Å²) in [5.41, 5.74) is 11.2. The van der Waals surface area contributed by atoms with Gasteiger partial charge in [-0.25, -0.2) is 5.84 Å². The van der Waals surface area contributed by atoms with E-state index in [0.29, 0.717) is 29.8 Å². The third kappa shape index (κ3) is 5.20. The maximum absolute atomic E-state index is 6.37. The van der Waals surface area contributed by atoms with Gasteiger partial charge in [-0.1, -0.05) is 52.0 Å². The van der Waals surface area contributed by atoms with Gasteiger partial charge in [-0.2, -0.15) is 0 Å². The molecule has 5 heteroatoms. The molecular formula is C23H33N3O2. The van der Waals surface area contributed by atoms with Gasteiger partial charge in [0.15, 0.2) is 0 Å². The minimum Gasteiger partial charge on any atom is -0.496 e. The maximum atomic E-state index is 6.37. The number of benzene rings is 2. The molecule has 0 heterocycles. The average Bonchev–Trinajstić information content (AvgIpc) is 2.66. The zero-order chi connectivity index (χ0) is 20.8. The molecule has 0 radical (unpaired) electrons. The molecule has 4 N–H and O–H groups in total. The topological polar surface area (TPSA) is 73.7 Å². The molecule has 0 saturated carbocycles. The van der Waals surface area contributed by atoms with E-state index in [9.17, 15) is 0 Å². The molecule has 0 aliphatic heterocycles. The standard InChI is InChI=1S/C23H33N3O2/c1-15(2)18-9-7-17(8-10-18)13-26(25)14-21(24)20-11-19(16(3)4)22(27-5)12-23(20)28-6/h7-12,14-16H,13,24-25H2,1-6H3/b21-14-. The normalized spacial score (nSPS) is 11.8. The van der Waals surface area contributed by atoms with Crippen molar-refractivity contribution in [3.05, 3.63) is 64.9 Å². The summed E-state index contributed by atoms with van der Waals surface area (Å²) in [4.78, 5) is 0. The van der Waals surface area contributed by atoms with Crippen LogP contribution in [0.3, 0.4) is 0 Å². The van der Waals surface area contributed by atoms with Crippen molar-refractivity contribution in [2.24, 2.45) is 11.6 Å². The second-order valence-electron chi connectivity index (χ2n) is 7.60. The Bertz CT molecular complexity index is 811. The van der Waals surface area contributed by atoms with Crippen LogP contribution in [-0.2, 0) is 6.54 Å². The molecule has 2 aromatic rings. The van der Waals surface area contributed by atoms with Crippen molar-refractivity contribution < 1.29 is 9.47 Å². The lowest BCUT2D eigenvalue weighted by atomic mass is 9.97. The van der Waals surface area contributed by atoms with Crippen LogP contribution in [0.4, 0.5) is 0 Å². The van der Waals surface area contributed by atoms with Crippen molar-refractivity contribution in [1.29, 1.82) is 0 Å². The Balaban J connectivity index is 2.26. The Morgan fingerprint density at radius 1 is 0.964 bits per heavy atom. The molecule has 0 amide bonds. The molecule has 0 atom stereocenters. The molecule has 0 aliphatic carbocycles. The summed E-state index contributed by atoms with van der Waals surface area (Å²) >= 11 is 0. The van der Waals surface area contributed by atoms with Crippen molar-refractivity contribution in [3.63, 3.8) is 0 Å². The predicted molar refractivity (Wildman–Crippen MR) is 116 cm³/mol. The van der Waals surface area contributed by atoms with Gasteiger partial charge >= 0.3 is 0 Å². The molecule has 0 aromatic heterocycles. The lowest BCUT2D eigenvalue weighted by Crippen LogP contribution is -2.25. The first-order valence-corrected chi connectivity index (χ1v) is 9.60. The largest absolute Gasteiger partial charge is 0.496 e. The fraction of sp³-hybridized carbons (Fsp3) is 0.391. The highest BCUT2D eigenvalue weighted by Gasteiger charge is 2.15. The van der Waals surface area contributed by atoms with Gasteiger partial charge in [0.25, 0.3) is 0 Å². The summed E-state index contributed by atoms with van der Waals surface area (Å²) in [5.74, 6) is 8.45. The monoisotopic (exact) mass is 383 g/mol. The van der Waals surface area contributed by atoms with Gasteiger partial charge in [-0.05, 0) is 34.6 Å². The maximum Gasteiger partial charge on any atom is 0.131 e. The van der Waals surface area contributed by atoms with Crippen molar-refractivity contribution >= 4 is 5.70 Å². The number of nitrogens with two attached hydrogens (primary N) is 2. The Labute approximate surface area is 168 Å². The molecule has 28 heavy (non-hydrogen) atoms. The summed E-state index contributed by atoms with van der Waals surface area (Å²) in [6.45, 7) is 9.16. The molecule has 0 unspecified atom stereocenters. The van der Waals surface area contributed by atoms with Crippen molar-refractivity contribution in [2.45, 2.75) is 46.1 Å². The van der Waals surface area contributed by atoms with E-state index in [2.05, 4.69) is 52.0 Å². The second kappa shape index (κ2) is 9.51. The van der Waals surface area contributed by atoms with Crippen LogP contribution in [0.25, 0.3) is 5.70 Å². The number of ether oxygens (including phenoxy) is 2. The number of nitrogens with zero attached hydrogens (tertiary/aromatic N) is 1. The van der Waals surface area contributed by atoms with Crippen LogP contribution in [0, 0.1) is 0 Å². The van der Waals surface area contributed by atoms with Crippen molar-refractivity contribution in [3.8, 4) is 11.5 Å². The summed E-state index contributed by atoms with van der Waals surface area (Å²) in [6, 6.07) is 12.4. The van der Waals surface area contributed by atoms with Gasteiger partial charge in [-0.3, -0.25) is 0 Å². The number of methoxy groups -OCH3 is 2. The minimum atomic E-state index is 0.292. The predicted octanol–water partition coefficient (Wildman–Crippen LogP) is 4.58. The van der Waals surface area contributed by atoms with Crippen LogP contribution in [0.15, 0.2) is 42.6 Å².